The number of piperidine rings is 1. The normalized spacial score (nSPS) is 17.7. The molecule has 1 aromatic heterocycles. The maximum absolute atomic E-state index is 5.98. The van der Waals surface area contributed by atoms with E-state index < -0.39 is 0 Å². The van der Waals surface area contributed by atoms with Crippen LogP contribution in [0.4, 0.5) is 0 Å². The third-order valence-electron chi connectivity index (χ3n) is 3.93. The molecule has 1 aliphatic heterocycles. The fraction of sp³-hybridized carbons (Fsp3) is 0.467. The summed E-state index contributed by atoms with van der Waals surface area (Å²) in [4.78, 5) is 11.3. The van der Waals surface area contributed by atoms with Crippen LogP contribution in [0.3, 0.4) is 0 Å². The minimum Gasteiger partial charge on any atom is -0.328 e. The molecule has 2 N–H and O–H groups in total. The summed E-state index contributed by atoms with van der Waals surface area (Å²) in [5.41, 5.74) is 8.34. The van der Waals surface area contributed by atoms with Crippen molar-refractivity contribution in [1.82, 2.24) is 14.9 Å². The second-order valence-corrected chi connectivity index (χ2v) is 6.10. The van der Waals surface area contributed by atoms with Gasteiger partial charge >= 0.3 is 0 Å². The van der Waals surface area contributed by atoms with E-state index in [0.717, 1.165) is 43.0 Å². The fourth-order valence-corrected chi connectivity index (χ4v) is 3.38. The first-order chi connectivity index (χ1) is 9.78. The summed E-state index contributed by atoms with van der Waals surface area (Å²) in [5, 5.41) is 2.27. The van der Waals surface area contributed by atoms with Crippen LogP contribution >= 0.6 is 11.8 Å². The first kappa shape index (κ1) is 13.8. The number of nitrogens with zero attached hydrogens (tertiary/aromatic N) is 3. The SMILES string of the molecule is CSc1ncnc2cccc(CN3CCC(N)CC3)c12. The van der Waals surface area contributed by atoms with Gasteiger partial charge in [0.15, 0.2) is 0 Å². The Labute approximate surface area is 123 Å². The van der Waals surface area contributed by atoms with Crippen molar-refractivity contribution < 1.29 is 0 Å². The lowest BCUT2D eigenvalue weighted by Gasteiger charge is -2.30. The van der Waals surface area contributed by atoms with Crippen molar-refractivity contribution in [3.05, 3.63) is 30.1 Å². The molecule has 0 atom stereocenters. The Kier molecular flexibility index (Phi) is 4.19. The van der Waals surface area contributed by atoms with Gasteiger partial charge in [-0.1, -0.05) is 12.1 Å². The molecule has 106 valence electrons. The molecule has 0 spiro atoms. The Hall–Kier alpha value is -1.17. The largest absolute Gasteiger partial charge is 0.328 e. The van der Waals surface area contributed by atoms with E-state index in [2.05, 4.69) is 39.3 Å². The molecular formula is C15H20N4S. The third kappa shape index (κ3) is 2.80. The summed E-state index contributed by atoms with van der Waals surface area (Å²) in [6.45, 7) is 3.13. The predicted molar refractivity (Wildman–Crippen MR) is 83.8 cm³/mol. The van der Waals surface area contributed by atoms with E-state index in [-0.39, 0.29) is 0 Å². The average Bonchev–Trinajstić information content (AvgIpc) is 2.49. The molecule has 4 nitrogen and oxygen atoms in total. The molecule has 5 heteroatoms. The highest BCUT2D eigenvalue weighted by molar-refractivity contribution is 7.98. The minimum absolute atomic E-state index is 0.379. The zero-order valence-electron chi connectivity index (χ0n) is 11.7. The molecule has 0 saturated carbocycles. The first-order valence-corrected chi connectivity index (χ1v) is 8.25. The zero-order valence-corrected chi connectivity index (χ0v) is 12.6. The predicted octanol–water partition coefficient (Wildman–Crippen LogP) is 2.27. The Balaban J connectivity index is 1.91. The van der Waals surface area contributed by atoms with Crippen molar-refractivity contribution in [3.63, 3.8) is 0 Å². The Morgan fingerprint density at radius 3 is 2.85 bits per heavy atom. The van der Waals surface area contributed by atoms with Crippen LogP contribution in [0.5, 0.6) is 0 Å². The van der Waals surface area contributed by atoms with Crippen LogP contribution in [0.15, 0.2) is 29.6 Å². The van der Waals surface area contributed by atoms with Crippen molar-refractivity contribution in [2.45, 2.75) is 30.5 Å². The smallest absolute Gasteiger partial charge is 0.117 e. The van der Waals surface area contributed by atoms with E-state index >= 15 is 0 Å². The number of rotatable bonds is 3. The summed E-state index contributed by atoms with van der Waals surface area (Å²) in [7, 11) is 0. The van der Waals surface area contributed by atoms with Crippen molar-refractivity contribution in [2.75, 3.05) is 19.3 Å². The van der Waals surface area contributed by atoms with Gasteiger partial charge in [-0.05, 0) is 43.8 Å². The standard InChI is InChI=1S/C15H20N4S/c1-20-15-14-11(3-2-4-13(14)17-10-18-15)9-19-7-5-12(16)6-8-19/h2-4,10,12H,5-9,16H2,1H3. The average molecular weight is 288 g/mol. The summed E-state index contributed by atoms with van der Waals surface area (Å²) in [6, 6.07) is 6.72. The van der Waals surface area contributed by atoms with Crippen LogP contribution < -0.4 is 5.73 Å². The van der Waals surface area contributed by atoms with Gasteiger partial charge < -0.3 is 5.73 Å². The molecule has 0 bridgehead atoms. The van der Waals surface area contributed by atoms with Crippen LogP contribution in [-0.4, -0.2) is 40.3 Å². The molecule has 1 aromatic carbocycles. The number of hydrogen-bond donors (Lipinski definition) is 1. The van der Waals surface area contributed by atoms with Gasteiger partial charge in [0.1, 0.15) is 11.4 Å². The number of hydrogen-bond acceptors (Lipinski definition) is 5. The molecule has 2 heterocycles. The second kappa shape index (κ2) is 6.08. The molecule has 1 aliphatic rings. The van der Waals surface area contributed by atoms with E-state index in [9.17, 15) is 0 Å². The Morgan fingerprint density at radius 2 is 2.10 bits per heavy atom. The summed E-state index contributed by atoms with van der Waals surface area (Å²) >= 11 is 1.69. The molecule has 2 aromatic rings. The number of fused-ring (bicyclic) bond motifs is 1. The summed E-state index contributed by atoms with van der Waals surface area (Å²) in [5.74, 6) is 0. The number of nitrogens with two attached hydrogens (primary N) is 1. The van der Waals surface area contributed by atoms with Gasteiger partial charge in [-0.15, -0.1) is 11.8 Å². The molecule has 1 saturated heterocycles. The Morgan fingerprint density at radius 1 is 1.30 bits per heavy atom. The quantitative estimate of drug-likeness (QED) is 0.693. The van der Waals surface area contributed by atoms with Crippen LogP contribution in [0.1, 0.15) is 18.4 Å². The molecule has 1 fully saturated rings. The lowest BCUT2D eigenvalue weighted by molar-refractivity contribution is 0.206. The number of benzene rings is 1. The van der Waals surface area contributed by atoms with E-state index in [0.29, 0.717) is 6.04 Å². The molecule has 0 aliphatic carbocycles. The van der Waals surface area contributed by atoms with Crippen LogP contribution in [0.2, 0.25) is 0 Å². The lowest BCUT2D eigenvalue weighted by Crippen LogP contribution is -2.39. The molecule has 0 radical (unpaired) electrons. The van der Waals surface area contributed by atoms with Crippen LogP contribution in [-0.2, 0) is 6.54 Å². The molecule has 3 rings (SSSR count). The maximum Gasteiger partial charge on any atom is 0.117 e. The second-order valence-electron chi connectivity index (χ2n) is 5.31. The highest BCUT2D eigenvalue weighted by Crippen LogP contribution is 2.27. The zero-order chi connectivity index (χ0) is 13.9. The van der Waals surface area contributed by atoms with Gasteiger partial charge in [0.05, 0.1) is 5.52 Å². The van der Waals surface area contributed by atoms with Gasteiger partial charge in [-0.2, -0.15) is 0 Å². The fourth-order valence-electron chi connectivity index (χ4n) is 2.79. The van der Waals surface area contributed by atoms with Crippen molar-refractivity contribution in [1.29, 1.82) is 0 Å². The summed E-state index contributed by atoms with van der Waals surface area (Å²) < 4.78 is 0. The maximum atomic E-state index is 5.98. The highest BCUT2D eigenvalue weighted by Gasteiger charge is 2.17. The van der Waals surface area contributed by atoms with Gasteiger partial charge in [0, 0.05) is 18.0 Å². The van der Waals surface area contributed by atoms with Crippen molar-refractivity contribution in [3.8, 4) is 0 Å². The van der Waals surface area contributed by atoms with Gasteiger partial charge in [0.25, 0.3) is 0 Å². The molecule has 0 unspecified atom stereocenters. The molecular weight excluding hydrogens is 268 g/mol. The highest BCUT2D eigenvalue weighted by atomic mass is 32.2. The first-order valence-electron chi connectivity index (χ1n) is 7.02. The number of aromatic nitrogens is 2. The third-order valence-corrected chi connectivity index (χ3v) is 4.63. The molecule has 20 heavy (non-hydrogen) atoms. The van der Waals surface area contributed by atoms with E-state index in [1.54, 1.807) is 18.1 Å². The summed E-state index contributed by atoms with van der Waals surface area (Å²) in [6.07, 6.45) is 5.91. The monoisotopic (exact) mass is 288 g/mol. The van der Waals surface area contributed by atoms with Crippen LogP contribution in [0.25, 0.3) is 10.9 Å². The number of likely N-dealkylation sites (tertiary alicyclic amines) is 1. The minimum atomic E-state index is 0.379. The number of thioether (sulfide) groups is 1. The van der Waals surface area contributed by atoms with Crippen molar-refractivity contribution >= 4 is 22.7 Å². The topological polar surface area (TPSA) is 55.0 Å². The van der Waals surface area contributed by atoms with E-state index in [1.807, 2.05) is 0 Å². The van der Waals surface area contributed by atoms with Gasteiger partial charge in [-0.3, -0.25) is 4.90 Å². The van der Waals surface area contributed by atoms with E-state index in [4.69, 9.17) is 5.73 Å². The molecule has 0 amide bonds. The van der Waals surface area contributed by atoms with Gasteiger partial charge in [-0.25, -0.2) is 9.97 Å². The van der Waals surface area contributed by atoms with E-state index in [1.165, 1.54) is 10.9 Å². The van der Waals surface area contributed by atoms with Gasteiger partial charge in [0.2, 0.25) is 0 Å². The van der Waals surface area contributed by atoms with Crippen LogP contribution in [0, 0.1) is 0 Å². The lowest BCUT2D eigenvalue weighted by atomic mass is 10.0. The van der Waals surface area contributed by atoms with Crippen molar-refractivity contribution in [2.24, 2.45) is 5.73 Å². The Bertz CT molecular complexity index is 588.